The van der Waals surface area contributed by atoms with Gasteiger partial charge >= 0.3 is 0 Å². The Morgan fingerprint density at radius 2 is 2.06 bits per heavy atom. The second kappa shape index (κ2) is 4.88. The summed E-state index contributed by atoms with van der Waals surface area (Å²) >= 11 is 0. The van der Waals surface area contributed by atoms with Crippen LogP contribution >= 0.6 is 0 Å². The summed E-state index contributed by atoms with van der Waals surface area (Å²) in [6, 6.07) is 5.94. The number of aromatic nitrogens is 2. The van der Waals surface area contributed by atoms with Crippen LogP contribution in [0.15, 0.2) is 16.5 Å². The van der Waals surface area contributed by atoms with Crippen LogP contribution in [0.4, 0.5) is 5.82 Å². The van der Waals surface area contributed by atoms with Crippen molar-refractivity contribution in [2.24, 2.45) is 0 Å². The maximum Gasteiger partial charge on any atom is 0.167 e. The largest absolute Gasteiger partial charge is 0.465 e. The molecule has 0 fully saturated rings. The molecule has 92 valence electrons. The minimum absolute atomic E-state index is 0.486. The van der Waals surface area contributed by atoms with E-state index in [1.165, 1.54) is 0 Å². The summed E-state index contributed by atoms with van der Waals surface area (Å²) < 4.78 is 5.44. The monoisotopic (exact) mass is 242 g/mol. The lowest BCUT2D eigenvalue weighted by Gasteiger charge is -2.08. The van der Waals surface area contributed by atoms with Gasteiger partial charge in [-0.05, 0) is 38.5 Å². The lowest BCUT2D eigenvalue weighted by Crippen LogP contribution is -2.07. The molecule has 2 heterocycles. The molecule has 0 bridgehead atoms. The number of aryl methyl sites for hydroxylation is 2. The van der Waals surface area contributed by atoms with Gasteiger partial charge in [0.25, 0.3) is 0 Å². The Morgan fingerprint density at radius 1 is 1.28 bits per heavy atom. The van der Waals surface area contributed by atoms with E-state index in [-0.39, 0.29) is 0 Å². The zero-order chi connectivity index (χ0) is 13.1. The highest BCUT2D eigenvalue weighted by molar-refractivity contribution is 5.55. The van der Waals surface area contributed by atoms with Crippen LogP contribution in [0.3, 0.4) is 0 Å². The van der Waals surface area contributed by atoms with E-state index in [1.54, 1.807) is 0 Å². The van der Waals surface area contributed by atoms with E-state index >= 15 is 0 Å². The molecular formula is C13H14N4O. The quantitative estimate of drug-likeness (QED) is 0.894. The summed E-state index contributed by atoms with van der Waals surface area (Å²) in [6.07, 6.45) is 0. The van der Waals surface area contributed by atoms with E-state index in [4.69, 9.17) is 9.68 Å². The van der Waals surface area contributed by atoms with Gasteiger partial charge in [0, 0.05) is 0 Å². The Labute approximate surface area is 105 Å². The van der Waals surface area contributed by atoms with Crippen molar-refractivity contribution in [1.29, 1.82) is 5.26 Å². The first-order valence-corrected chi connectivity index (χ1v) is 5.65. The third kappa shape index (κ3) is 2.33. The van der Waals surface area contributed by atoms with Crippen LogP contribution in [0.1, 0.15) is 28.3 Å². The molecule has 0 atom stereocenters. The summed E-state index contributed by atoms with van der Waals surface area (Å²) in [7, 11) is 0. The van der Waals surface area contributed by atoms with Gasteiger partial charge < -0.3 is 9.73 Å². The Kier molecular flexibility index (Phi) is 3.28. The minimum atomic E-state index is 0.486. The second-order valence-electron chi connectivity index (χ2n) is 4.11. The molecule has 0 spiro atoms. The Morgan fingerprint density at radius 3 is 2.67 bits per heavy atom. The second-order valence-corrected chi connectivity index (χ2v) is 4.11. The smallest absolute Gasteiger partial charge is 0.167 e. The van der Waals surface area contributed by atoms with Gasteiger partial charge in [0.05, 0.1) is 12.2 Å². The van der Waals surface area contributed by atoms with E-state index in [1.807, 2.05) is 32.9 Å². The number of rotatable bonds is 3. The van der Waals surface area contributed by atoms with Gasteiger partial charge in [-0.2, -0.15) is 10.4 Å². The van der Waals surface area contributed by atoms with E-state index in [0.29, 0.717) is 17.9 Å². The van der Waals surface area contributed by atoms with Crippen molar-refractivity contribution in [2.75, 3.05) is 5.32 Å². The molecule has 0 saturated carbocycles. The Bertz CT molecular complexity index is 610. The average molecular weight is 242 g/mol. The topological polar surface area (TPSA) is 74.7 Å². The predicted molar refractivity (Wildman–Crippen MR) is 67.0 cm³/mol. The average Bonchev–Trinajstić information content (AvgIpc) is 2.77. The first kappa shape index (κ1) is 12.1. The lowest BCUT2D eigenvalue weighted by atomic mass is 10.1. The Hall–Kier alpha value is -2.35. The Balaban J connectivity index is 2.20. The lowest BCUT2D eigenvalue weighted by molar-refractivity contribution is 0.490. The van der Waals surface area contributed by atoms with Crippen LogP contribution in [0, 0.1) is 32.1 Å². The molecule has 0 amide bonds. The van der Waals surface area contributed by atoms with E-state index in [0.717, 1.165) is 22.8 Å². The van der Waals surface area contributed by atoms with Crippen molar-refractivity contribution >= 4 is 5.82 Å². The first-order valence-electron chi connectivity index (χ1n) is 5.65. The van der Waals surface area contributed by atoms with Crippen molar-refractivity contribution in [2.45, 2.75) is 27.3 Å². The van der Waals surface area contributed by atoms with Crippen molar-refractivity contribution in [3.05, 3.63) is 40.5 Å². The molecule has 2 aromatic rings. The molecule has 0 radical (unpaired) electrons. The standard InChI is InChI=1S/C13H14N4O/c1-8-4-5-11(18-8)7-15-13-12(6-14)9(2)10(3)16-17-13/h4-5H,7H2,1-3H3,(H,15,17). The molecule has 2 aromatic heterocycles. The van der Waals surface area contributed by atoms with Gasteiger partial charge in [-0.1, -0.05) is 0 Å². The van der Waals surface area contributed by atoms with E-state index in [9.17, 15) is 0 Å². The van der Waals surface area contributed by atoms with Gasteiger partial charge in [0.2, 0.25) is 0 Å². The third-order valence-corrected chi connectivity index (χ3v) is 2.79. The molecule has 0 aliphatic carbocycles. The van der Waals surface area contributed by atoms with Crippen LogP contribution in [0.5, 0.6) is 0 Å². The number of hydrogen-bond acceptors (Lipinski definition) is 5. The van der Waals surface area contributed by atoms with Crippen LogP contribution in [-0.4, -0.2) is 10.2 Å². The van der Waals surface area contributed by atoms with Gasteiger partial charge in [0.15, 0.2) is 5.82 Å². The fourth-order valence-electron chi connectivity index (χ4n) is 1.62. The fraction of sp³-hybridized carbons (Fsp3) is 0.308. The van der Waals surface area contributed by atoms with Gasteiger partial charge in [0.1, 0.15) is 23.2 Å². The van der Waals surface area contributed by atoms with E-state index < -0.39 is 0 Å². The van der Waals surface area contributed by atoms with Crippen LogP contribution in [0.2, 0.25) is 0 Å². The molecule has 2 rings (SSSR count). The van der Waals surface area contributed by atoms with Gasteiger partial charge in [-0.15, -0.1) is 5.10 Å². The fourth-order valence-corrected chi connectivity index (χ4v) is 1.62. The number of nitrogens with one attached hydrogen (secondary N) is 1. The minimum Gasteiger partial charge on any atom is -0.465 e. The first-order chi connectivity index (χ1) is 8.61. The van der Waals surface area contributed by atoms with Crippen molar-refractivity contribution < 1.29 is 4.42 Å². The van der Waals surface area contributed by atoms with Crippen molar-refractivity contribution in [1.82, 2.24) is 10.2 Å². The van der Waals surface area contributed by atoms with Crippen molar-refractivity contribution in [3.8, 4) is 6.07 Å². The molecular weight excluding hydrogens is 228 g/mol. The summed E-state index contributed by atoms with van der Waals surface area (Å²) in [5, 5.41) is 20.2. The highest BCUT2D eigenvalue weighted by atomic mass is 16.3. The maximum atomic E-state index is 9.14. The normalized spacial score (nSPS) is 10.1. The summed E-state index contributed by atoms with van der Waals surface area (Å²) in [5.74, 6) is 2.16. The van der Waals surface area contributed by atoms with Crippen LogP contribution in [-0.2, 0) is 6.54 Å². The summed E-state index contributed by atoms with van der Waals surface area (Å²) in [5.41, 5.74) is 2.15. The predicted octanol–water partition coefficient (Wildman–Crippen LogP) is 2.48. The highest BCUT2D eigenvalue weighted by Crippen LogP contribution is 2.18. The van der Waals surface area contributed by atoms with Crippen LogP contribution in [0.25, 0.3) is 0 Å². The molecule has 0 aliphatic heterocycles. The molecule has 0 aromatic carbocycles. The molecule has 5 heteroatoms. The highest BCUT2D eigenvalue weighted by Gasteiger charge is 2.10. The number of nitriles is 1. The summed E-state index contributed by atoms with van der Waals surface area (Å²) in [4.78, 5) is 0. The van der Waals surface area contributed by atoms with Crippen LogP contribution < -0.4 is 5.32 Å². The summed E-state index contributed by atoms with van der Waals surface area (Å²) in [6.45, 7) is 6.08. The molecule has 1 N–H and O–H groups in total. The molecule has 0 unspecified atom stereocenters. The van der Waals surface area contributed by atoms with E-state index in [2.05, 4.69) is 21.6 Å². The van der Waals surface area contributed by atoms with Gasteiger partial charge in [-0.25, -0.2) is 0 Å². The van der Waals surface area contributed by atoms with Crippen molar-refractivity contribution in [3.63, 3.8) is 0 Å². The number of hydrogen-bond donors (Lipinski definition) is 1. The molecule has 0 saturated heterocycles. The third-order valence-electron chi connectivity index (χ3n) is 2.79. The molecule has 0 aliphatic rings. The molecule has 5 nitrogen and oxygen atoms in total. The number of furan rings is 1. The zero-order valence-electron chi connectivity index (χ0n) is 10.6. The number of anilines is 1. The maximum absolute atomic E-state index is 9.14. The SMILES string of the molecule is Cc1ccc(CNc2nnc(C)c(C)c2C#N)o1. The van der Waals surface area contributed by atoms with Gasteiger partial charge in [-0.3, -0.25) is 0 Å². The zero-order valence-corrected chi connectivity index (χ0v) is 10.6. The number of nitrogens with zero attached hydrogens (tertiary/aromatic N) is 3. The molecule has 18 heavy (non-hydrogen) atoms.